The van der Waals surface area contributed by atoms with Gasteiger partial charge < -0.3 is 10.2 Å². The topological polar surface area (TPSA) is 32.3 Å². The lowest BCUT2D eigenvalue weighted by Crippen LogP contribution is -2.56. The normalized spacial score (nSPS) is 22.5. The molecule has 0 aromatic heterocycles. The largest absolute Gasteiger partial charge is 0.335 e. The van der Waals surface area contributed by atoms with E-state index in [4.69, 9.17) is 0 Å². The first kappa shape index (κ1) is 15.7. The van der Waals surface area contributed by atoms with E-state index in [0.29, 0.717) is 0 Å². The summed E-state index contributed by atoms with van der Waals surface area (Å²) in [6, 6.07) is -0.307. The van der Waals surface area contributed by atoms with Crippen molar-refractivity contribution in [3.8, 4) is 0 Å². The third kappa shape index (κ3) is 2.72. The molecule has 0 radical (unpaired) electrons. The number of nitrogens with one attached hydrogen (secondary N) is 1. The highest BCUT2D eigenvalue weighted by Crippen LogP contribution is 2.24. The van der Waals surface area contributed by atoms with Crippen LogP contribution in [0.3, 0.4) is 0 Å². The molecule has 1 aliphatic rings. The standard InChI is InChI=1S/C13H13F5N2O/c1-5-3-20(4-6(2)19-5)13(21)7-8(14)10(16)12(18)11(17)9(7)15/h5-6,19H,3-4H2,1-2H3. The summed E-state index contributed by atoms with van der Waals surface area (Å²) in [4.78, 5) is 13.2. The minimum atomic E-state index is -2.27. The smallest absolute Gasteiger partial charge is 0.260 e. The van der Waals surface area contributed by atoms with E-state index in [2.05, 4.69) is 5.32 Å². The van der Waals surface area contributed by atoms with Gasteiger partial charge in [0.2, 0.25) is 5.82 Å². The summed E-state index contributed by atoms with van der Waals surface area (Å²) < 4.78 is 66.5. The van der Waals surface area contributed by atoms with Crippen molar-refractivity contribution in [2.75, 3.05) is 13.1 Å². The van der Waals surface area contributed by atoms with Gasteiger partial charge in [0.05, 0.1) is 0 Å². The van der Waals surface area contributed by atoms with E-state index in [9.17, 15) is 26.7 Å². The zero-order valence-corrected chi connectivity index (χ0v) is 11.3. The maximum absolute atomic E-state index is 13.6. The van der Waals surface area contributed by atoms with Gasteiger partial charge in [-0.1, -0.05) is 0 Å². The fraction of sp³-hybridized carbons (Fsp3) is 0.462. The van der Waals surface area contributed by atoms with Crippen molar-refractivity contribution in [3.63, 3.8) is 0 Å². The molecule has 3 nitrogen and oxygen atoms in total. The predicted molar refractivity (Wildman–Crippen MR) is 64.2 cm³/mol. The molecule has 1 aliphatic heterocycles. The Bertz CT molecular complexity index is 553. The monoisotopic (exact) mass is 308 g/mol. The molecule has 2 unspecified atom stereocenters. The van der Waals surface area contributed by atoms with Crippen LogP contribution in [0.25, 0.3) is 0 Å². The maximum atomic E-state index is 13.6. The molecule has 1 saturated heterocycles. The molecule has 1 aromatic carbocycles. The molecular weight excluding hydrogens is 295 g/mol. The Morgan fingerprint density at radius 3 is 1.71 bits per heavy atom. The van der Waals surface area contributed by atoms with Crippen LogP contribution in [-0.4, -0.2) is 36.0 Å². The van der Waals surface area contributed by atoms with Crippen LogP contribution >= 0.6 is 0 Å². The van der Waals surface area contributed by atoms with Crippen molar-refractivity contribution < 1.29 is 26.7 Å². The van der Waals surface area contributed by atoms with Gasteiger partial charge in [0.15, 0.2) is 23.3 Å². The lowest BCUT2D eigenvalue weighted by Gasteiger charge is -2.36. The van der Waals surface area contributed by atoms with Crippen molar-refractivity contribution in [2.24, 2.45) is 0 Å². The SMILES string of the molecule is CC1CN(C(=O)c2c(F)c(F)c(F)c(F)c2F)CC(C)N1. The highest BCUT2D eigenvalue weighted by atomic mass is 19.2. The molecule has 0 bridgehead atoms. The number of halogens is 5. The quantitative estimate of drug-likeness (QED) is 0.490. The summed E-state index contributed by atoms with van der Waals surface area (Å²) >= 11 is 0. The first-order valence-electron chi connectivity index (χ1n) is 6.30. The Kier molecular flexibility index (Phi) is 4.18. The molecule has 0 saturated carbocycles. The fourth-order valence-electron chi connectivity index (χ4n) is 2.44. The number of carbonyl (C=O) groups excluding carboxylic acids is 1. The zero-order chi connectivity index (χ0) is 15.9. The Morgan fingerprint density at radius 2 is 1.29 bits per heavy atom. The van der Waals surface area contributed by atoms with E-state index in [0.717, 1.165) is 4.90 Å². The minimum absolute atomic E-state index is 0.114. The van der Waals surface area contributed by atoms with Gasteiger partial charge in [0.25, 0.3) is 5.91 Å². The lowest BCUT2D eigenvalue weighted by atomic mass is 10.1. The van der Waals surface area contributed by atoms with Crippen LogP contribution in [0, 0.1) is 29.1 Å². The van der Waals surface area contributed by atoms with Gasteiger partial charge in [-0.05, 0) is 13.8 Å². The van der Waals surface area contributed by atoms with Crippen molar-refractivity contribution in [1.29, 1.82) is 0 Å². The Hall–Kier alpha value is -1.70. The van der Waals surface area contributed by atoms with Gasteiger partial charge in [-0.25, -0.2) is 22.0 Å². The van der Waals surface area contributed by atoms with Gasteiger partial charge >= 0.3 is 0 Å². The van der Waals surface area contributed by atoms with E-state index >= 15 is 0 Å². The lowest BCUT2D eigenvalue weighted by molar-refractivity contribution is 0.0660. The van der Waals surface area contributed by atoms with Crippen LogP contribution in [0.2, 0.25) is 0 Å². The molecule has 21 heavy (non-hydrogen) atoms. The molecule has 2 rings (SSSR count). The average Bonchev–Trinajstić information content (AvgIpc) is 2.42. The van der Waals surface area contributed by atoms with E-state index in [1.54, 1.807) is 13.8 Å². The van der Waals surface area contributed by atoms with E-state index in [1.165, 1.54) is 0 Å². The van der Waals surface area contributed by atoms with Crippen LogP contribution in [0.15, 0.2) is 0 Å². The first-order valence-corrected chi connectivity index (χ1v) is 6.30. The van der Waals surface area contributed by atoms with E-state index in [1.807, 2.05) is 0 Å². The number of benzene rings is 1. The molecule has 0 spiro atoms. The summed E-state index contributed by atoms with van der Waals surface area (Å²) in [6.07, 6.45) is 0. The molecule has 0 aliphatic carbocycles. The van der Waals surface area contributed by atoms with Crippen molar-refractivity contribution >= 4 is 5.91 Å². The van der Waals surface area contributed by atoms with E-state index in [-0.39, 0.29) is 25.2 Å². The van der Waals surface area contributed by atoms with Gasteiger partial charge in [-0.3, -0.25) is 4.79 Å². The third-order valence-electron chi connectivity index (χ3n) is 3.27. The molecular formula is C13H13F5N2O. The Morgan fingerprint density at radius 1 is 0.905 bits per heavy atom. The number of amides is 1. The van der Waals surface area contributed by atoms with Gasteiger partial charge in [0.1, 0.15) is 5.56 Å². The molecule has 1 fully saturated rings. The molecule has 8 heteroatoms. The number of rotatable bonds is 1. The molecule has 116 valence electrons. The second-order valence-electron chi connectivity index (χ2n) is 5.12. The molecule has 1 N–H and O–H groups in total. The summed E-state index contributed by atoms with van der Waals surface area (Å²) in [5.74, 6) is -11.9. The summed E-state index contributed by atoms with van der Waals surface area (Å²) in [5, 5.41) is 3.09. The predicted octanol–water partition coefficient (Wildman–Crippen LogP) is 2.20. The van der Waals surface area contributed by atoms with Crippen LogP contribution in [0.5, 0.6) is 0 Å². The van der Waals surface area contributed by atoms with Crippen LogP contribution < -0.4 is 5.32 Å². The number of nitrogens with zero attached hydrogens (tertiary/aromatic N) is 1. The van der Waals surface area contributed by atoms with Gasteiger partial charge in [-0.15, -0.1) is 0 Å². The van der Waals surface area contributed by atoms with Crippen molar-refractivity contribution in [3.05, 3.63) is 34.6 Å². The second kappa shape index (κ2) is 5.59. The maximum Gasteiger partial charge on any atom is 0.260 e. The number of piperazine rings is 1. The van der Waals surface area contributed by atoms with Gasteiger partial charge in [-0.2, -0.15) is 0 Å². The molecule has 1 heterocycles. The zero-order valence-electron chi connectivity index (χ0n) is 11.3. The molecule has 1 amide bonds. The minimum Gasteiger partial charge on any atom is -0.335 e. The number of hydrogen-bond donors (Lipinski definition) is 1. The van der Waals surface area contributed by atoms with E-state index < -0.39 is 40.6 Å². The number of carbonyl (C=O) groups is 1. The molecule has 2 atom stereocenters. The Balaban J connectivity index is 2.44. The third-order valence-corrected chi connectivity index (χ3v) is 3.27. The summed E-state index contributed by atoms with van der Waals surface area (Å²) in [5.41, 5.74) is -1.41. The van der Waals surface area contributed by atoms with Crippen molar-refractivity contribution in [2.45, 2.75) is 25.9 Å². The highest BCUT2D eigenvalue weighted by molar-refractivity contribution is 5.95. The van der Waals surface area contributed by atoms with Crippen LogP contribution in [0.1, 0.15) is 24.2 Å². The van der Waals surface area contributed by atoms with Crippen molar-refractivity contribution in [1.82, 2.24) is 10.2 Å². The van der Waals surface area contributed by atoms with Crippen LogP contribution in [0.4, 0.5) is 22.0 Å². The number of hydrogen-bond acceptors (Lipinski definition) is 2. The first-order chi connectivity index (χ1) is 9.73. The fourth-order valence-corrected chi connectivity index (χ4v) is 2.44. The van der Waals surface area contributed by atoms with Gasteiger partial charge in [0, 0.05) is 25.2 Å². The highest BCUT2D eigenvalue weighted by Gasteiger charge is 2.34. The Labute approximate surface area is 117 Å². The van der Waals surface area contributed by atoms with Crippen LogP contribution in [-0.2, 0) is 0 Å². The second-order valence-corrected chi connectivity index (χ2v) is 5.12. The summed E-state index contributed by atoms with van der Waals surface area (Å²) in [6.45, 7) is 3.72. The summed E-state index contributed by atoms with van der Waals surface area (Å²) in [7, 11) is 0. The average molecular weight is 308 g/mol. The molecule has 1 aromatic rings.